The predicted octanol–water partition coefficient (Wildman–Crippen LogP) is 3.09. The number of thioether (sulfide) groups is 1. The van der Waals surface area contributed by atoms with Gasteiger partial charge in [-0.05, 0) is 37.8 Å². The number of rotatable bonds is 5. The maximum atomic E-state index is 11.8. The van der Waals surface area contributed by atoms with E-state index in [9.17, 15) is 8.42 Å². The first kappa shape index (κ1) is 23.2. The summed E-state index contributed by atoms with van der Waals surface area (Å²) in [6.07, 6.45) is 4.46. The van der Waals surface area contributed by atoms with E-state index >= 15 is 0 Å². The van der Waals surface area contributed by atoms with Gasteiger partial charge < -0.3 is 14.2 Å². The molecule has 1 aromatic carbocycles. The van der Waals surface area contributed by atoms with Crippen LogP contribution in [0.25, 0.3) is 10.9 Å². The third-order valence-corrected chi connectivity index (χ3v) is 10.1. The Morgan fingerprint density at radius 1 is 1.21 bits per heavy atom. The molecule has 0 radical (unpaired) electrons. The number of aromatic nitrogens is 1. The number of hydrogen-bond acceptors (Lipinski definition) is 7. The summed E-state index contributed by atoms with van der Waals surface area (Å²) in [5.74, 6) is 2.12. The van der Waals surface area contributed by atoms with Crippen LogP contribution < -0.4 is 4.90 Å². The van der Waals surface area contributed by atoms with Crippen LogP contribution in [0.15, 0.2) is 35.5 Å². The number of aliphatic imine (C=N–C) groups is 1. The zero-order valence-electron chi connectivity index (χ0n) is 19.5. The van der Waals surface area contributed by atoms with Gasteiger partial charge in [-0.1, -0.05) is 23.9 Å². The summed E-state index contributed by atoms with van der Waals surface area (Å²) in [6, 6.07) is 9.14. The summed E-state index contributed by atoms with van der Waals surface area (Å²) in [6.45, 7) is 6.18. The molecule has 0 saturated carbocycles. The van der Waals surface area contributed by atoms with Crippen molar-refractivity contribution < 1.29 is 13.2 Å². The van der Waals surface area contributed by atoms with Crippen molar-refractivity contribution >= 4 is 43.4 Å². The number of ether oxygens (including phenoxy) is 1. The van der Waals surface area contributed by atoms with Crippen LogP contribution in [0.3, 0.4) is 0 Å². The molecule has 2 saturated heterocycles. The van der Waals surface area contributed by atoms with Gasteiger partial charge in [0, 0.05) is 63.3 Å². The lowest BCUT2D eigenvalue weighted by Gasteiger charge is -2.34. The highest BCUT2D eigenvalue weighted by Gasteiger charge is 2.33. The van der Waals surface area contributed by atoms with E-state index in [1.165, 1.54) is 16.6 Å². The fraction of sp³-hybridized carbons (Fsp3) is 0.625. The molecule has 3 aliphatic heterocycles. The molecule has 180 valence electrons. The number of hydrogen-bond donors (Lipinski definition) is 0. The quantitative estimate of drug-likeness (QED) is 0.642. The van der Waals surface area contributed by atoms with E-state index < -0.39 is 9.84 Å². The Morgan fingerprint density at radius 3 is 2.73 bits per heavy atom. The van der Waals surface area contributed by atoms with Gasteiger partial charge in [0.15, 0.2) is 15.0 Å². The average Bonchev–Trinajstić information content (AvgIpc) is 3.47. The zero-order chi connectivity index (χ0) is 23.0. The molecule has 3 aliphatic rings. The molecular formula is C24H34N4O3S2. The van der Waals surface area contributed by atoms with Crippen molar-refractivity contribution in [3.8, 4) is 0 Å². The number of para-hydroxylation sites is 1. The minimum absolute atomic E-state index is 0.182. The van der Waals surface area contributed by atoms with Crippen molar-refractivity contribution in [3.63, 3.8) is 0 Å². The summed E-state index contributed by atoms with van der Waals surface area (Å²) < 4.78 is 31.6. The maximum Gasteiger partial charge on any atom is 0.163 e. The first-order chi connectivity index (χ1) is 15.9. The molecule has 5 rings (SSSR count). The van der Waals surface area contributed by atoms with Gasteiger partial charge in [0.05, 0.1) is 28.8 Å². The number of amidine groups is 1. The Hall–Kier alpha value is -1.55. The number of sulfone groups is 1. The summed E-state index contributed by atoms with van der Waals surface area (Å²) in [4.78, 5) is 9.63. The SMILES string of the molecule is CC([C@H]1CSC(N(C)c2cccc3ccn(CC4CCOCC4)c23)=N1)N1CCS(=O)(=O)CC1. The van der Waals surface area contributed by atoms with Crippen LogP contribution in [0.2, 0.25) is 0 Å². The second-order valence-corrected chi connectivity index (χ2v) is 12.8. The van der Waals surface area contributed by atoms with Crippen molar-refractivity contribution in [2.75, 3.05) is 55.5 Å². The van der Waals surface area contributed by atoms with Crippen LogP contribution in [0.4, 0.5) is 5.69 Å². The Labute approximate surface area is 201 Å². The third kappa shape index (κ3) is 4.97. The van der Waals surface area contributed by atoms with Crippen LogP contribution in [0, 0.1) is 5.92 Å². The summed E-state index contributed by atoms with van der Waals surface area (Å²) in [7, 11) is -0.745. The first-order valence-electron chi connectivity index (χ1n) is 12.0. The zero-order valence-corrected chi connectivity index (χ0v) is 21.2. The molecule has 1 aromatic heterocycles. The molecule has 0 aliphatic carbocycles. The monoisotopic (exact) mass is 490 g/mol. The lowest BCUT2D eigenvalue weighted by molar-refractivity contribution is 0.0616. The lowest BCUT2D eigenvalue weighted by atomic mass is 10.0. The van der Waals surface area contributed by atoms with Gasteiger partial charge in [-0.3, -0.25) is 9.89 Å². The van der Waals surface area contributed by atoms with Crippen LogP contribution >= 0.6 is 11.8 Å². The van der Waals surface area contributed by atoms with Gasteiger partial charge in [-0.15, -0.1) is 0 Å². The molecule has 2 atom stereocenters. The van der Waals surface area contributed by atoms with Gasteiger partial charge in [0.1, 0.15) is 0 Å². The molecule has 2 aromatic rings. The molecule has 33 heavy (non-hydrogen) atoms. The van der Waals surface area contributed by atoms with E-state index in [0.29, 0.717) is 19.0 Å². The van der Waals surface area contributed by atoms with E-state index in [1.54, 1.807) is 11.8 Å². The molecule has 1 unspecified atom stereocenters. The Balaban J connectivity index is 1.34. The second kappa shape index (κ2) is 9.60. The van der Waals surface area contributed by atoms with Gasteiger partial charge in [-0.2, -0.15) is 0 Å². The normalized spacial score (nSPS) is 25.3. The summed E-state index contributed by atoms with van der Waals surface area (Å²) in [5, 5.41) is 2.30. The van der Waals surface area contributed by atoms with E-state index in [0.717, 1.165) is 43.5 Å². The van der Waals surface area contributed by atoms with Crippen LogP contribution in [0.5, 0.6) is 0 Å². The Kier molecular flexibility index (Phi) is 6.75. The van der Waals surface area contributed by atoms with Crippen molar-refractivity contribution in [3.05, 3.63) is 30.5 Å². The van der Waals surface area contributed by atoms with E-state index in [2.05, 4.69) is 58.8 Å². The predicted molar refractivity (Wildman–Crippen MR) is 137 cm³/mol. The van der Waals surface area contributed by atoms with Gasteiger partial charge in [0.25, 0.3) is 0 Å². The van der Waals surface area contributed by atoms with Crippen LogP contribution in [-0.2, 0) is 21.1 Å². The van der Waals surface area contributed by atoms with E-state index in [-0.39, 0.29) is 23.6 Å². The highest BCUT2D eigenvalue weighted by Crippen LogP contribution is 2.33. The first-order valence-corrected chi connectivity index (χ1v) is 14.8. The minimum atomic E-state index is -2.86. The molecule has 0 N–H and O–H groups in total. The highest BCUT2D eigenvalue weighted by atomic mass is 32.2. The topological polar surface area (TPSA) is 67.1 Å². The third-order valence-electron chi connectivity index (χ3n) is 7.38. The largest absolute Gasteiger partial charge is 0.381 e. The fourth-order valence-electron chi connectivity index (χ4n) is 5.16. The molecule has 0 amide bonds. The molecule has 2 fully saturated rings. The van der Waals surface area contributed by atoms with Crippen molar-refractivity contribution in [1.82, 2.24) is 9.47 Å². The molecule has 7 nitrogen and oxygen atoms in total. The highest BCUT2D eigenvalue weighted by molar-refractivity contribution is 8.14. The summed E-state index contributed by atoms with van der Waals surface area (Å²) >= 11 is 1.80. The number of benzene rings is 1. The average molecular weight is 491 g/mol. The van der Waals surface area contributed by atoms with E-state index in [4.69, 9.17) is 9.73 Å². The van der Waals surface area contributed by atoms with Crippen molar-refractivity contribution in [1.29, 1.82) is 0 Å². The molecule has 4 heterocycles. The number of fused-ring (bicyclic) bond motifs is 1. The van der Waals surface area contributed by atoms with Gasteiger partial charge in [0.2, 0.25) is 0 Å². The maximum absolute atomic E-state index is 11.8. The van der Waals surface area contributed by atoms with Crippen molar-refractivity contribution in [2.24, 2.45) is 10.9 Å². The summed E-state index contributed by atoms with van der Waals surface area (Å²) in [5.41, 5.74) is 2.46. The van der Waals surface area contributed by atoms with Crippen LogP contribution in [-0.4, -0.2) is 85.7 Å². The molecule has 0 bridgehead atoms. The Morgan fingerprint density at radius 2 is 1.97 bits per heavy atom. The molecular weight excluding hydrogens is 456 g/mol. The van der Waals surface area contributed by atoms with Crippen LogP contribution in [0.1, 0.15) is 19.8 Å². The van der Waals surface area contributed by atoms with Gasteiger partial charge in [-0.25, -0.2) is 8.42 Å². The van der Waals surface area contributed by atoms with Crippen molar-refractivity contribution in [2.45, 2.75) is 38.4 Å². The van der Waals surface area contributed by atoms with Gasteiger partial charge >= 0.3 is 0 Å². The fourth-order valence-corrected chi connectivity index (χ4v) is 7.56. The lowest BCUT2D eigenvalue weighted by Crippen LogP contribution is -2.49. The standard InChI is InChI=1S/C24H34N4O3S2/c1-18(27-10-14-33(29,30)15-11-27)21-17-32-24(25-21)26(2)22-5-3-4-20-6-9-28(23(20)22)16-19-7-12-31-13-8-19/h3-6,9,18-19,21H,7-8,10-17H2,1-2H3/t18?,21-/m1/s1. The minimum Gasteiger partial charge on any atom is -0.381 e. The smallest absolute Gasteiger partial charge is 0.163 e. The Bertz CT molecular complexity index is 1110. The number of anilines is 1. The molecule has 9 heteroatoms. The second-order valence-electron chi connectivity index (χ2n) is 9.52. The molecule has 0 spiro atoms. The number of nitrogens with zero attached hydrogens (tertiary/aromatic N) is 4. The van der Waals surface area contributed by atoms with E-state index in [1.807, 2.05) is 0 Å².